The van der Waals surface area contributed by atoms with Gasteiger partial charge in [0.15, 0.2) is 0 Å². The summed E-state index contributed by atoms with van der Waals surface area (Å²) in [6, 6.07) is 12.9. The molecule has 6 rings (SSSR count). The third-order valence-electron chi connectivity index (χ3n) is 8.00. The number of hydrogen-bond donors (Lipinski definition) is 2. The molecule has 4 aliphatic rings. The Morgan fingerprint density at radius 1 is 0.943 bits per heavy atom. The molecule has 0 saturated carbocycles. The number of piperidine rings is 2. The molecule has 0 radical (unpaired) electrons. The van der Waals surface area contributed by atoms with Crippen LogP contribution in [-0.4, -0.2) is 54.2 Å². The molecule has 2 saturated heterocycles. The smallest absolute Gasteiger partial charge is 0.262 e. The minimum absolute atomic E-state index is 0.109. The van der Waals surface area contributed by atoms with Crippen molar-refractivity contribution in [3.63, 3.8) is 0 Å². The number of nitrogens with zero attached hydrogens (tertiary/aromatic N) is 2. The van der Waals surface area contributed by atoms with E-state index in [1.54, 1.807) is 6.07 Å². The van der Waals surface area contributed by atoms with Crippen LogP contribution in [0.3, 0.4) is 0 Å². The van der Waals surface area contributed by atoms with E-state index in [0.717, 1.165) is 49.4 Å². The van der Waals surface area contributed by atoms with Gasteiger partial charge in [-0.3, -0.25) is 29.4 Å². The molecule has 2 aromatic rings. The van der Waals surface area contributed by atoms with Gasteiger partial charge in [-0.15, -0.1) is 0 Å². The molecule has 1 atom stereocenters. The Hall–Kier alpha value is -3.52. The zero-order chi connectivity index (χ0) is 24.2. The molecule has 4 aliphatic heterocycles. The molecule has 4 heterocycles. The minimum Gasteiger partial charge on any atom is -0.366 e. The lowest BCUT2D eigenvalue weighted by Gasteiger charge is -2.47. The number of carbonyl (C=O) groups excluding carboxylic acids is 4. The Labute approximate surface area is 203 Å². The highest BCUT2D eigenvalue weighted by Gasteiger charge is 2.46. The van der Waals surface area contributed by atoms with Crippen LogP contribution in [0.15, 0.2) is 42.5 Å². The number of fused-ring (bicyclic) bond motifs is 2. The van der Waals surface area contributed by atoms with E-state index in [2.05, 4.69) is 33.7 Å². The Morgan fingerprint density at radius 3 is 2.54 bits per heavy atom. The first-order chi connectivity index (χ1) is 17.0. The Kier molecular flexibility index (Phi) is 5.21. The predicted molar refractivity (Wildman–Crippen MR) is 129 cm³/mol. The highest BCUT2D eigenvalue weighted by Crippen LogP contribution is 2.43. The standard InChI is InChI=1S/C27H28N4O4/c32-22-9-8-21(24(33)29-22)31-25(34)19-6-3-5-18(23(19)26(31)35)15-30-16-27(10-12-28-13-11-27)14-17-4-1-2-7-20(17)30/h1-7,21,28H,8-16H2,(H,29,32,33). The van der Waals surface area contributed by atoms with Gasteiger partial charge in [0.1, 0.15) is 6.04 Å². The van der Waals surface area contributed by atoms with Crippen LogP contribution in [0, 0.1) is 5.41 Å². The Morgan fingerprint density at radius 2 is 1.74 bits per heavy atom. The fourth-order valence-corrected chi connectivity index (χ4v) is 6.27. The average molecular weight is 473 g/mol. The summed E-state index contributed by atoms with van der Waals surface area (Å²) in [7, 11) is 0. The molecule has 0 aromatic heterocycles. The molecule has 0 bridgehead atoms. The lowest BCUT2D eigenvalue weighted by molar-refractivity contribution is -0.136. The van der Waals surface area contributed by atoms with Crippen LogP contribution in [0.2, 0.25) is 0 Å². The van der Waals surface area contributed by atoms with Crippen molar-refractivity contribution in [1.29, 1.82) is 0 Å². The van der Waals surface area contributed by atoms with E-state index in [9.17, 15) is 19.2 Å². The SMILES string of the molecule is O=C1CCC(N2C(=O)c3cccc(CN4CC5(CCNCC5)Cc5ccccc54)c3C2=O)C(=O)N1. The van der Waals surface area contributed by atoms with E-state index in [1.807, 2.05) is 18.2 Å². The second kappa shape index (κ2) is 8.30. The minimum atomic E-state index is -0.957. The number of imide groups is 2. The third kappa shape index (κ3) is 3.63. The fraction of sp³-hybridized carbons (Fsp3) is 0.407. The molecule has 8 heteroatoms. The molecular weight excluding hydrogens is 444 g/mol. The highest BCUT2D eigenvalue weighted by atomic mass is 16.2. The molecule has 35 heavy (non-hydrogen) atoms. The maximum absolute atomic E-state index is 13.6. The van der Waals surface area contributed by atoms with E-state index in [4.69, 9.17) is 0 Å². The second-order valence-electron chi connectivity index (χ2n) is 10.2. The quantitative estimate of drug-likeness (QED) is 0.664. The number of nitrogens with one attached hydrogen (secondary N) is 2. The molecule has 4 amide bonds. The molecule has 1 unspecified atom stereocenters. The van der Waals surface area contributed by atoms with Crippen molar-refractivity contribution in [1.82, 2.24) is 15.5 Å². The van der Waals surface area contributed by atoms with Crippen molar-refractivity contribution >= 4 is 29.3 Å². The van der Waals surface area contributed by atoms with Gasteiger partial charge in [0.05, 0.1) is 11.1 Å². The normalized spacial score (nSPS) is 23.4. The highest BCUT2D eigenvalue weighted by molar-refractivity contribution is 6.24. The molecule has 0 aliphatic carbocycles. The zero-order valence-corrected chi connectivity index (χ0v) is 19.5. The first kappa shape index (κ1) is 22.0. The topological polar surface area (TPSA) is 98.8 Å². The third-order valence-corrected chi connectivity index (χ3v) is 8.00. The van der Waals surface area contributed by atoms with Crippen LogP contribution >= 0.6 is 0 Å². The fourth-order valence-electron chi connectivity index (χ4n) is 6.27. The molecule has 2 fully saturated rings. The summed E-state index contributed by atoms with van der Waals surface area (Å²) in [5, 5.41) is 5.73. The molecule has 8 nitrogen and oxygen atoms in total. The summed E-state index contributed by atoms with van der Waals surface area (Å²) in [5.74, 6) is -1.87. The summed E-state index contributed by atoms with van der Waals surface area (Å²) < 4.78 is 0. The van der Waals surface area contributed by atoms with E-state index in [1.165, 1.54) is 11.3 Å². The largest absolute Gasteiger partial charge is 0.366 e. The van der Waals surface area contributed by atoms with Crippen molar-refractivity contribution in [2.24, 2.45) is 5.41 Å². The van der Waals surface area contributed by atoms with Gasteiger partial charge < -0.3 is 10.2 Å². The number of amides is 4. The number of benzene rings is 2. The van der Waals surface area contributed by atoms with Gasteiger partial charge >= 0.3 is 0 Å². The summed E-state index contributed by atoms with van der Waals surface area (Å²) >= 11 is 0. The molecular formula is C27H28N4O4. The number of carbonyl (C=O) groups is 4. The van der Waals surface area contributed by atoms with Crippen molar-refractivity contribution < 1.29 is 19.2 Å². The lowest BCUT2D eigenvalue weighted by Crippen LogP contribution is -2.54. The van der Waals surface area contributed by atoms with Crippen LogP contribution in [0.1, 0.15) is 57.5 Å². The van der Waals surface area contributed by atoms with Gasteiger partial charge in [-0.1, -0.05) is 30.3 Å². The molecule has 180 valence electrons. The Bertz CT molecular complexity index is 1250. The number of para-hydroxylation sites is 1. The van der Waals surface area contributed by atoms with Crippen LogP contribution < -0.4 is 15.5 Å². The van der Waals surface area contributed by atoms with Gasteiger partial charge in [0.25, 0.3) is 11.8 Å². The summed E-state index contributed by atoms with van der Waals surface area (Å²) in [5.41, 5.74) is 4.19. The number of anilines is 1. The zero-order valence-electron chi connectivity index (χ0n) is 19.5. The van der Waals surface area contributed by atoms with Gasteiger partial charge in [0, 0.05) is 25.2 Å². The van der Waals surface area contributed by atoms with Crippen molar-refractivity contribution in [3.05, 3.63) is 64.7 Å². The predicted octanol–water partition coefficient (Wildman–Crippen LogP) is 2.02. The summed E-state index contributed by atoms with van der Waals surface area (Å²) in [6.45, 7) is 3.42. The van der Waals surface area contributed by atoms with Crippen molar-refractivity contribution in [2.75, 3.05) is 24.5 Å². The van der Waals surface area contributed by atoms with E-state index < -0.39 is 23.8 Å². The number of hydrogen-bond acceptors (Lipinski definition) is 6. The monoisotopic (exact) mass is 472 g/mol. The average Bonchev–Trinajstić information content (AvgIpc) is 3.10. The summed E-state index contributed by atoms with van der Waals surface area (Å²) in [4.78, 5) is 54.2. The molecule has 2 aromatic carbocycles. The maximum Gasteiger partial charge on any atom is 0.262 e. The van der Waals surface area contributed by atoms with Gasteiger partial charge in [-0.05, 0) is 67.4 Å². The second-order valence-corrected chi connectivity index (χ2v) is 10.2. The van der Waals surface area contributed by atoms with Gasteiger partial charge in [-0.25, -0.2) is 0 Å². The van der Waals surface area contributed by atoms with Crippen LogP contribution in [0.25, 0.3) is 0 Å². The van der Waals surface area contributed by atoms with Gasteiger partial charge in [-0.2, -0.15) is 0 Å². The summed E-state index contributed by atoms with van der Waals surface area (Å²) in [6.07, 6.45) is 3.52. The number of rotatable bonds is 3. The van der Waals surface area contributed by atoms with Crippen LogP contribution in [0.5, 0.6) is 0 Å². The first-order valence-corrected chi connectivity index (χ1v) is 12.3. The van der Waals surface area contributed by atoms with E-state index in [0.29, 0.717) is 17.7 Å². The van der Waals surface area contributed by atoms with E-state index >= 15 is 0 Å². The van der Waals surface area contributed by atoms with Crippen molar-refractivity contribution in [3.8, 4) is 0 Å². The first-order valence-electron chi connectivity index (χ1n) is 12.3. The lowest BCUT2D eigenvalue weighted by atomic mass is 9.71. The molecule has 1 spiro atoms. The Balaban J connectivity index is 1.34. The molecule has 2 N–H and O–H groups in total. The van der Waals surface area contributed by atoms with Crippen LogP contribution in [0.4, 0.5) is 5.69 Å². The van der Waals surface area contributed by atoms with E-state index in [-0.39, 0.29) is 24.2 Å². The van der Waals surface area contributed by atoms with Crippen molar-refractivity contribution in [2.45, 2.75) is 44.7 Å². The van der Waals surface area contributed by atoms with Crippen LogP contribution in [-0.2, 0) is 22.6 Å². The van der Waals surface area contributed by atoms with Gasteiger partial charge in [0.2, 0.25) is 11.8 Å². The maximum atomic E-state index is 13.6.